The van der Waals surface area contributed by atoms with Crippen LogP contribution in [-0.2, 0) is 0 Å². The summed E-state index contributed by atoms with van der Waals surface area (Å²) in [5.74, 6) is 1.59. The van der Waals surface area contributed by atoms with Crippen molar-refractivity contribution in [3.05, 3.63) is 54.1 Å². The van der Waals surface area contributed by atoms with Gasteiger partial charge in [0, 0.05) is 50.1 Å². The molecule has 1 amide bonds. The minimum Gasteiger partial charge on any atom is -0.354 e. The van der Waals surface area contributed by atoms with Gasteiger partial charge in [0.15, 0.2) is 5.13 Å². The molecule has 1 fully saturated rings. The van der Waals surface area contributed by atoms with Crippen LogP contribution < -0.4 is 15.1 Å². The van der Waals surface area contributed by atoms with E-state index in [1.807, 2.05) is 23.7 Å². The standard InChI is InChI=1S/C20H20N8OS/c1-27(18-15-4-6-21-17(15)24-12-25-18)14-5-8-28(11-14)16-3-2-13(10-23-16)19(29)26-20-22-7-9-30-20/h2-4,6-7,9-10,12,14H,5,8,11H2,1H3,(H,21,24,25)(H,22,26,29)/t14-/m1/s1. The Morgan fingerprint density at radius 3 is 3.00 bits per heavy atom. The van der Waals surface area contributed by atoms with Gasteiger partial charge in [-0.1, -0.05) is 0 Å². The molecule has 0 aliphatic carbocycles. The number of amides is 1. The van der Waals surface area contributed by atoms with E-state index in [-0.39, 0.29) is 5.91 Å². The van der Waals surface area contributed by atoms with Crippen LogP contribution in [0.4, 0.5) is 16.8 Å². The zero-order valence-electron chi connectivity index (χ0n) is 16.3. The second-order valence-corrected chi connectivity index (χ2v) is 8.03. The highest BCUT2D eigenvalue weighted by atomic mass is 32.1. The first-order chi connectivity index (χ1) is 14.7. The molecule has 10 heteroatoms. The average Bonchev–Trinajstić information content (AvgIpc) is 3.54. The summed E-state index contributed by atoms with van der Waals surface area (Å²) < 4.78 is 0. The highest BCUT2D eigenvalue weighted by Gasteiger charge is 2.28. The molecule has 30 heavy (non-hydrogen) atoms. The van der Waals surface area contributed by atoms with E-state index >= 15 is 0 Å². The number of carbonyl (C=O) groups excluding carboxylic acids is 1. The van der Waals surface area contributed by atoms with Crippen molar-refractivity contribution < 1.29 is 4.79 Å². The number of hydrogen-bond donors (Lipinski definition) is 2. The lowest BCUT2D eigenvalue weighted by atomic mass is 10.2. The van der Waals surface area contributed by atoms with Crippen LogP contribution >= 0.6 is 11.3 Å². The number of carbonyl (C=O) groups is 1. The number of hydrogen-bond acceptors (Lipinski definition) is 8. The Morgan fingerprint density at radius 2 is 2.20 bits per heavy atom. The van der Waals surface area contributed by atoms with E-state index in [0.717, 1.165) is 42.2 Å². The zero-order chi connectivity index (χ0) is 20.5. The van der Waals surface area contributed by atoms with Crippen LogP contribution in [0.1, 0.15) is 16.8 Å². The number of thiazole rings is 1. The Kier molecular flexibility index (Phi) is 4.75. The van der Waals surface area contributed by atoms with Gasteiger partial charge in [-0.3, -0.25) is 10.1 Å². The molecule has 1 saturated heterocycles. The van der Waals surface area contributed by atoms with E-state index in [4.69, 9.17) is 0 Å². The van der Waals surface area contributed by atoms with Crippen LogP contribution in [0.15, 0.2) is 48.5 Å². The Labute approximate surface area is 176 Å². The molecule has 1 aliphatic rings. The molecule has 0 saturated carbocycles. The monoisotopic (exact) mass is 420 g/mol. The van der Waals surface area contributed by atoms with Gasteiger partial charge in [0.2, 0.25) is 0 Å². The van der Waals surface area contributed by atoms with Crippen LogP contribution in [0, 0.1) is 0 Å². The van der Waals surface area contributed by atoms with Gasteiger partial charge in [0.05, 0.1) is 10.9 Å². The van der Waals surface area contributed by atoms with E-state index in [1.54, 1.807) is 24.8 Å². The Balaban J connectivity index is 1.26. The first-order valence-electron chi connectivity index (χ1n) is 9.62. The summed E-state index contributed by atoms with van der Waals surface area (Å²) in [6.45, 7) is 1.73. The molecule has 0 bridgehead atoms. The number of rotatable bonds is 5. The molecule has 1 atom stereocenters. The summed E-state index contributed by atoms with van der Waals surface area (Å²) in [5, 5.41) is 6.19. The molecule has 5 rings (SSSR count). The molecular weight excluding hydrogens is 400 g/mol. The molecule has 1 aliphatic heterocycles. The molecule has 0 unspecified atom stereocenters. The van der Waals surface area contributed by atoms with E-state index in [0.29, 0.717) is 16.7 Å². The summed E-state index contributed by atoms with van der Waals surface area (Å²) in [4.78, 5) is 37.2. The maximum absolute atomic E-state index is 12.3. The molecule has 4 aromatic heterocycles. The van der Waals surface area contributed by atoms with Gasteiger partial charge in [-0.15, -0.1) is 11.3 Å². The van der Waals surface area contributed by atoms with E-state index < -0.39 is 0 Å². The smallest absolute Gasteiger partial charge is 0.259 e. The fourth-order valence-corrected chi connectivity index (χ4v) is 4.26. The topological polar surface area (TPSA) is 103 Å². The van der Waals surface area contributed by atoms with Gasteiger partial charge < -0.3 is 14.8 Å². The van der Waals surface area contributed by atoms with Gasteiger partial charge in [-0.2, -0.15) is 0 Å². The lowest BCUT2D eigenvalue weighted by Crippen LogP contribution is -2.35. The van der Waals surface area contributed by atoms with Gasteiger partial charge in [0.25, 0.3) is 5.91 Å². The van der Waals surface area contributed by atoms with Crippen LogP contribution in [0.2, 0.25) is 0 Å². The number of nitrogens with zero attached hydrogens (tertiary/aromatic N) is 6. The molecule has 9 nitrogen and oxygen atoms in total. The number of anilines is 3. The normalized spacial score (nSPS) is 16.2. The largest absolute Gasteiger partial charge is 0.354 e. The fourth-order valence-electron chi connectivity index (χ4n) is 3.74. The second-order valence-electron chi connectivity index (χ2n) is 7.13. The highest BCUT2D eigenvalue weighted by molar-refractivity contribution is 7.13. The molecule has 0 spiro atoms. The Morgan fingerprint density at radius 1 is 1.27 bits per heavy atom. The van der Waals surface area contributed by atoms with Crippen molar-refractivity contribution in [2.45, 2.75) is 12.5 Å². The summed E-state index contributed by atoms with van der Waals surface area (Å²) in [6, 6.07) is 6.02. The number of likely N-dealkylation sites (N-methyl/N-ethyl adjacent to an activating group) is 1. The second kappa shape index (κ2) is 7.71. The molecule has 0 radical (unpaired) electrons. The van der Waals surface area contributed by atoms with Crippen molar-refractivity contribution in [2.24, 2.45) is 0 Å². The number of H-pyrrole nitrogens is 1. The molecule has 2 N–H and O–H groups in total. The van der Waals surface area contributed by atoms with E-state index in [2.05, 4.69) is 47.1 Å². The predicted molar refractivity (Wildman–Crippen MR) is 117 cm³/mol. The van der Waals surface area contributed by atoms with Gasteiger partial charge in [-0.25, -0.2) is 19.9 Å². The maximum atomic E-state index is 12.3. The third kappa shape index (κ3) is 3.45. The van der Waals surface area contributed by atoms with Crippen molar-refractivity contribution in [2.75, 3.05) is 35.3 Å². The number of aromatic amines is 1. The molecule has 152 valence electrons. The molecular formula is C20H20N8OS. The summed E-state index contributed by atoms with van der Waals surface area (Å²) in [7, 11) is 2.07. The van der Waals surface area contributed by atoms with Crippen molar-refractivity contribution in [3.8, 4) is 0 Å². The van der Waals surface area contributed by atoms with Crippen molar-refractivity contribution in [3.63, 3.8) is 0 Å². The molecule has 4 aromatic rings. The quantitative estimate of drug-likeness (QED) is 0.512. The van der Waals surface area contributed by atoms with Gasteiger partial charge in [0.1, 0.15) is 23.6 Å². The van der Waals surface area contributed by atoms with Crippen LogP contribution in [0.3, 0.4) is 0 Å². The number of pyridine rings is 1. The van der Waals surface area contributed by atoms with E-state index in [1.165, 1.54) is 11.3 Å². The molecule has 0 aromatic carbocycles. The predicted octanol–water partition coefficient (Wildman–Crippen LogP) is 2.78. The average molecular weight is 421 g/mol. The molecule has 5 heterocycles. The Hall–Kier alpha value is -3.53. The van der Waals surface area contributed by atoms with Gasteiger partial charge >= 0.3 is 0 Å². The zero-order valence-corrected chi connectivity index (χ0v) is 17.1. The van der Waals surface area contributed by atoms with Crippen LogP contribution in [0.25, 0.3) is 11.0 Å². The minimum absolute atomic E-state index is 0.206. The lowest BCUT2D eigenvalue weighted by molar-refractivity contribution is 0.102. The van der Waals surface area contributed by atoms with Crippen LogP contribution in [-0.4, -0.2) is 57.0 Å². The third-order valence-electron chi connectivity index (χ3n) is 5.36. The summed E-state index contributed by atoms with van der Waals surface area (Å²) >= 11 is 1.38. The van der Waals surface area contributed by atoms with Crippen molar-refractivity contribution >= 4 is 45.0 Å². The first kappa shape index (κ1) is 18.5. The summed E-state index contributed by atoms with van der Waals surface area (Å²) in [5.41, 5.74) is 1.35. The fraction of sp³-hybridized carbons (Fsp3) is 0.250. The Bertz CT molecular complexity index is 1160. The third-order valence-corrected chi connectivity index (χ3v) is 6.05. The number of aromatic nitrogens is 5. The van der Waals surface area contributed by atoms with E-state index in [9.17, 15) is 4.79 Å². The highest BCUT2D eigenvalue weighted by Crippen LogP contribution is 2.27. The first-order valence-corrected chi connectivity index (χ1v) is 10.5. The lowest BCUT2D eigenvalue weighted by Gasteiger charge is -2.26. The summed E-state index contributed by atoms with van der Waals surface area (Å²) in [6.07, 6.45) is 7.75. The van der Waals surface area contributed by atoms with Gasteiger partial charge in [-0.05, 0) is 24.6 Å². The SMILES string of the molecule is CN(c1ncnc2[nH]ccc12)[C@@H]1CCN(c2ccc(C(=O)Nc3nccs3)cn2)C1. The number of fused-ring (bicyclic) bond motifs is 1. The minimum atomic E-state index is -0.206. The maximum Gasteiger partial charge on any atom is 0.259 e. The van der Waals surface area contributed by atoms with Crippen LogP contribution in [0.5, 0.6) is 0 Å². The van der Waals surface area contributed by atoms with Crippen molar-refractivity contribution in [1.82, 2.24) is 24.9 Å². The number of nitrogens with one attached hydrogen (secondary N) is 2. The van der Waals surface area contributed by atoms with Crippen molar-refractivity contribution in [1.29, 1.82) is 0 Å².